The fraction of sp³-hybridized carbons (Fsp3) is 0. The molecule has 2 N–H and O–H groups in total. The van der Waals surface area contributed by atoms with Gasteiger partial charge in [-0.05, 0) is 12.1 Å². The molecule has 58 valence electrons. The van der Waals surface area contributed by atoms with Gasteiger partial charge in [0.05, 0.1) is 11.0 Å². The fourth-order valence-electron chi connectivity index (χ4n) is 0.765. The van der Waals surface area contributed by atoms with Crippen molar-refractivity contribution in [1.82, 2.24) is 0 Å². The molecule has 0 aliphatic carbocycles. The summed E-state index contributed by atoms with van der Waals surface area (Å²) in [5, 5.41) is 11.8. The van der Waals surface area contributed by atoms with Crippen molar-refractivity contribution in [3.63, 3.8) is 0 Å². The highest BCUT2D eigenvalue weighted by Gasteiger charge is 2.04. The van der Waals surface area contributed by atoms with Gasteiger partial charge in [0, 0.05) is 6.07 Å². The average Bonchev–Trinajstić information content (AvgIpc) is 2.05. The highest BCUT2D eigenvalue weighted by Crippen LogP contribution is 2.12. The summed E-state index contributed by atoms with van der Waals surface area (Å²) in [6.45, 7) is 0. The number of non-ortho nitro benzene ring substituents is 1. The molecule has 0 fully saturated rings. The van der Waals surface area contributed by atoms with E-state index in [9.17, 15) is 10.1 Å². The van der Waals surface area contributed by atoms with E-state index in [2.05, 4.69) is 7.05 Å². The van der Waals surface area contributed by atoms with Gasteiger partial charge in [0.1, 0.15) is 5.69 Å². The second-order valence-electron chi connectivity index (χ2n) is 2.06. The van der Waals surface area contributed by atoms with Gasteiger partial charge in [-0.25, -0.2) is 0 Å². The van der Waals surface area contributed by atoms with Gasteiger partial charge in [0.25, 0.3) is 5.69 Å². The minimum atomic E-state index is -0.424. The Morgan fingerprint density at radius 2 is 2.27 bits per heavy atom. The van der Waals surface area contributed by atoms with Gasteiger partial charge in [0.15, 0.2) is 0 Å². The molecule has 0 amide bonds. The maximum atomic E-state index is 10.2. The second-order valence-corrected chi connectivity index (χ2v) is 2.06. The Labute approximate surface area is 64.0 Å². The molecule has 0 saturated carbocycles. The number of nitro groups is 1. The topological polar surface area (TPSA) is 59.8 Å². The van der Waals surface area contributed by atoms with Crippen LogP contribution in [0.4, 0.5) is 11.4 Å². The third kappa shape index (κ3) is 1.75. The molecule has 1 rings (SSSR count). The van der Waals surface area contributed by atoms with E-state index < -0.39 is 4.92 Å². The van der Waals surface area contributed by atoms with E-state index in [0.29, 0.717) is 0 Å². The van der Waals surface area contributed by atoms with E-state index >= 15 is 0 Å². The lowest BCUT2D eigenvalue weighted by Crippen LogP contribution is -2.69. The Morgan fingerprint density at radius 1 is 1.55 bits per heavy atom. The number of nitrogens with zero attached hydrogens (tertiary/aromatic N) is 1. The molecule has 4 nitrogen and oxygen atoms in total. The molecule has 0 saturated heterocycles. The van der Waals surface area contributed by atoms with Gasteiger partial charge < -0.3 is 5.32 Å². The Hall–Kier alpha value is -1.42. The van der Waals surface area contributed by atoms with Crippen LogP contribution in [0.2, 0.25) is 0 Å². The van der Waals surface area contributed by atoms with Crippen LogP contribution in [0.5, 0.6) is 0 Å². The molecule has 0 unspecified atom stereocenters. The SMILES string of the molecule is [CH2-][NH2+]c1cccc([N+](=O)[O-])c1. The van der Waals surface area contributed by atoms with Crippen molar-refractivity contribution in [2.24, 2.45) is 0 Å². The summed E-state index contributed by atoms with van der Waals surface area (Å²) in [7, 11) is 3.51. The molecule has 1 aromatic carbocycles. The van der Waals surface area contributed by atoms with Gasteiger partial charge in [-0.3, -0.25) is 10.1 Å². The Balaban J connectivity index is 3.01. The first-order chi connectivity index (χ1) is 5.24. The minimum Gasteiger partial charge on any atom is -0.446 e. The standard InChI is InChI=1S/C7H8N2O2/c1-8-6-3-2-4-7(5-6)9(10)11/h2-5H,1,8H2. The van der Waals surface area contributed by atoms with Crippen molar-refractivity contribution in [2.45, 2.75) is 0 Å². The summed E-state index contributed by atoms with van der Waals surface area (Å²) in [5.41, 5.74) is 0.863. The Kier molecular flexibility index (Phi) is 2.18. The molecule has 0 aromatic heterocycles. The van der Waals surface area contributed by atoms with Crippen molar-refractivity contribution in [1.29, 1.82) is 0 Å². The summed E-state index contributed by atoms with van der Waals surface area (Å²) in [4.78, 5) is 9.82. The zero-order valence-electron chi connectivity index (χ0n) is 5.86. The Morgan fingerprint density at radius 3 is 2.82 bits per heavy atom. The molecule has 1 aromatic rings. The summed E-state index contributed by atoms with van der Waals surface area (Å²) >= 11 is 0. The van der Waals surface area contributed by atoms with E-state index in [1.54, 1.807) is 17.4 Å². The molecule has 0 radical (unpaired) electrons. The van der Waals surface area contributed by atoms with Gasteiger partial charge in [0.2, 0.25) is 0 Å². The minimum absolute atomic E-state index is 0.0994. The van der Waals surface area contributed by atoms with Crippen LogP contribution in [0.1, 0.15) is 0 Å². The van der Waals surface area contributed by atoms with Gasteiger partial charge >= 0.3 is 0 Å². The third-order valence-corrected chi connectivity index (χ3v) is 1.32. The van der Waals surface area contributed by atoms with Gasteiger partial charge in [-0.15, -0.1) is 7.05 Å². The molecule has 0 aliphatic rings. The predicted molar refractivity (Wildman–Crippen MR) is 40.0 cm³/mol. The van der Waals surface area contributed by atoms with Crippen LogP contribution < -0.4 is 5.32 Å². The molecule has 4 heteroatoms. The number of nitro benzene ring substituents is 1. The quantitative estimate of drug-likeness (QED) is 0.291. The van der Waals surface area contributed by atoms with Crippen LogP contribution in [0.3, 0.4) is 0 Å². The van der Waals surface area contributed by atoms with Gasteiger partial charge in [-0.2, -0.15) is 0 Å². The van der Waals surface area contributed by atoms with Crippen molar-refractivity contribution in [3.8, 4) is 0 Å². The molecule has 0 heterocycles. The smallest absolute Gasteiger partial charge is 0.275 e. The van der Waals surface area contributed by atoms with Crippen molar-refractivity contribution in [3.05, 3.63) is 41.4 Å². The molecular weight excluding hydrogens is 144 g/mol. The predicted octanol–water partition coefficient (Wildman–Crippen LogP) is 0.581. The number of benzene rings is 1. The monoisotopic (exact) mass is 152 g/mol. The van der Waals surface area contributed by atoms with Crippen LogP contribution in [0, 0.1) is 17.2 Å². The van der Waals surface area contributed by atoms with Crippen LogP contribution in [-0.2, 0) is 0 Å². The Bertz CT molecular complexity index is 273. The zero-order chi connectivity index (χ0) is 8.27. The number of hydrogen-bond acceptors (Lipinski definition) is 2. The molecule has 0 bridgehead atoms. The van der Waals surface area contributed by atoms with Crippen LogP contribution in [0.15, 0.2) is 24.3 Å². The summed E-state index contributed by atoms with van der Waals surface area (Å²) in [5.74, 6) is 0. The number of rotatable bonds is 2. The first-order valence-electron chi connectivity index (χ1n) is 3.11. The van der Waals surface area contributed by atoms with E-state index in [4.69, 9.17) is 0 Å². The number of nitrogens with two attached hydrogens (primary N) is 1. The summed E-state index contributed by atoms with van der Waals surface area (Å²) in [6, 6.07) is 6.33. The average molecular weight is 152 g/mol. The highest BCUT2D eigenvalue weighted by atomic mass is 16.6. The fourth-order valence-corrected chi connectivity index (χ4v) is 0.765. The largest absolute Gasteiger partial charge is 0.446 e. The van der Waals surface area contributed by atoms with Gasteiger partial charge in [-0.1, -0.05) is 0 Å². The second kappa shape index (κ2) is 3.12. The van der Waals surface area contributed by atoms with Crippen LogP contribution in [0.25, 0.3) is 0 Å². The first-order valence-corrected chi connectivity index (χ1v) is 3.11. The number of quaternary nitrogens is 1. The molecule has 0 atom stereocenters. The zero-order valence-corrected chi connectivity index (χ0v) is 5.86. The third-order valence-electron chi connectivity index (χ3n) is 1.32. The maximum Gasteiger partial charge on any atom is 0.275 e. The lowest BCUT2D eigenvalue weighted by atomic mass is 10.3. The lowest BCUT2D eigenvalue weighted by molar-refractivity contribution is -0.505. The van der Waals surface area contributed by atoms with Crippen molar-refractivity contribution in [2.75, 3.05) is 0 Å². The molecular formula is C7H8N2O2. The van der Waals surface area contributed by atoms with E-state index in [0.717, 1.165) is 5.69 Å². The van der Waals surface area contributed by atoms with Crippen molar-refractivity contribution >= 4 is 11.4 Å². The highest BCUT2D eigenvalue weighted by molar-refractivity contribution is 5.41. The van der Waals surface area contributed by atoms with Crippen LogP contribution >= 0.6 is 0 Å². The molecule has 0 spiro atoms. The summed E-state index contributed by atoms with van der Waals surface area (Å²) < 4.78 is 0. The normalized spacial score (nSPS) is 9.55. The van der Waals surface area contributed by atoms with Crippen LogP contribution in [-0.4, -0.2) is 4.92 Å². The lowest BCUT2D eigenvalue weighted by Gasteiger charge is -1.96. The van der Waals surface area contributed by atoms with Crippen molar-refractivity contribution < 1.29 is 10.2 Å². The summed E-state index contributed by atoms with van der Waals surface area (Å²) in [6.07, 6.45) is 0. The van der Waals surface area contributed by atoms with E-state index in [1.165, 1.54) is 12.1 Å². The number of hydrogen-bond donors (Lipinski definition) is 1. The van der Waals surface area contributed by atoms with E-state index in [-0.39, 0.29) is 5.69 Å². The first kappa shape index (κ1) is 7.68. The molecule has 11 heavy (non-hydrogen) atoms. The molecule has 0 aliphatic heterocycles. The van der Waals surface area contributed by atoms with E-state index in [1.807, 2.05) is 0 Å². The maximum absolute atomic E-state index is 10.2.